The van der Waals surface area contributed by atoms with E-state index in [1.807, 2.05) is 6.08 Å². The Morgan fingerprint density at radius 3 is 2.83 bits per heavy atom. The molecule has 0 aromatic heterocycles. The van der Waals surface area contributed by atoms with Gasteiger partial charge in [0.25, 0.3) is 0 Å². The molecule has 1 aliphatic carbocycles. The molecule has 0 bridgehead atoms. The van der Waals surface area contributed by atoms with Crippen molar-refractivity contribution in [2.24, 2.45) is 0 Å². The quantitative estimate of drug-likeness (QED) is 0.463. The van der Waals surface area contributed by atoms with Gasteiger partial charge in [0.1, 0.15) is 0 Å². The summed E-state index contributed by atoms with van der Waals surface area (Å²) >= 11 is 2.42. The molecule has 2 aromatic rings. The predicted molar refractivity (Wildman–Crippen MR) is 85.9 cm³/mol. The van der Waals surface area contributed by atoms with E-state index in [0.29, 0.717) is 0 Å². The molecule has 0 unspecified atom stereocenters. The number of benzene rings is 2. The van der Waals surface area contributed by atoms with Crippen molar-refractivity contribution >= 4 is 22.6 Å². The minimum absolute atomic E-state index is 1.06. The molecule has 0 N–H and O–H groups in total. The zero-order chi connectivity index (χ0) is 12.5. The van der Waals surface area contributed by atoms with Crippen molar-refractivity contribution in [1.82, 2.24) is 0 Å². The minimum Gasteiger partial charge on any atom is -0.103 e. The highest BCUT2D eigenvalue weighted by Gasteiger charge is 2.20. The third-order valence-corrected chi connectivity index (χ3v) is 4.22. The molecule has 0 saturated heterocycles. The van der Waals surface area contributed by atoms with Crippen LogP contribution in [0.15, 0.2) is 49.1 Å². The number of rotatable bonds is 3. The van der Waals surface area contributed by atoms with Crippen molar-refractivity contribution in [2.75, 3.05) is 0 Å². The first-order valence-corrected chi connectivity index (χ1v) is 7.38. The molecule has 1 heteroatoms. The largest absolute Gasteiger partial charge is 0.103 e. The Morgan fingerprint density at radius 2 is 2.00 bits per heavy atom. The molecule has 0 fully saturated rings. The van der Waals surface area contributed by atoms with E-state index in [-0.39, 0.29) is 0 Å². The number of aryl methyl sites for hydroxylation is 1. The van der Waals surface area contributed by atoms with Gasteiger partial charge in [-0.05, 0) is 81.8 Å². The maximum Gasteiger partial charge on any atom is 0.0139 e. The van der Waals surface area contributed by atoms with Gasteiger partial charge in [-0.25, -0.2) is 0 Å². The SMILES string of the molecule is C=CCCc1cc(I)cc2c1Cc1ccccc1-2. The van der Waals surface area contributed by atoms with Gasteiger partial charge in [-0.1, -0.05) is 30.3 Å². The fourth-order valence-corrected chi connectivity index (χ4v) is 3.44. The van der Waals surface area contributed by atoms with Crippen LogP contribution in [0.1, 0.15) is 23.1 Å². The molecular formula is C17H15I. The molecule has 0 spiro atoms. The van der Waals surface area contributed by atoms with Gasteiger partial charge in [0.2, 0.25) is 0 Å². The van der Waals surface area contributed by atoms with Crippen LogP contribution < -0.4 is 0 Å². The van der Waals surface area contributed by atoms with Crippen LogP contribution >= 0.6 is 22.6 Å². The van der Waals surface area contributed by atoms with Crippen LogP contribution in [0.5, 0.6) is 0 Å². The zero-order valence-electron chi connectivity index (χ0n) is 10.2. The summed E-state index contributed by atoms with van der Waals surface area (Å²) in [6.45, 7) is 3.83. The van der Waals surface area contributed by atoms with Gasteiger partial charge in [0.15, 0.2) is 0 Å². The Bertz CT molecular complexity index is 611. The van der Waals surface area contributed by atoms with E-state index in [1.54, 1.807) is 0 Å². The fourth-order valence-electron chi connectivity index (χ4n) is 2.75. The molecule has 0 amide bonds. The van der Waals surface area contributed by atoms with Crippen LogP contribution in [-0.4, -0.2) is 0 Å². The summed E-state index contributed by atoms with van der Waals surface area (Å²) in [4.78, 5) is 0. The summed E-state index contributed by atoms with van der Waals surface area (Å²) in [7, 11) is 0. The Hall–Kier alpha value is -1.09. The van der Waals surface area contributed by atoms with Crippen molar-refractivity contribution in [3.05, 3.63) is 69.3 Å². The van der Waals surface area contributed by atoms with E-state index < -0.39 is 0 Å². The van der Waals surface area contributed by atoms with Crippen molar-refractivity contribution in [3.8, 4) is 11.1 Å². The normalized spacial score (nSPS) is 12.1. The van der Waals surface area contributed by atoms with E-state index in [9.17, 15) is 0 Å². The number of allylic oxidation sites excluding steroid dienone is 1. The van der Waals surface area contributed by atoms with Crippen molar-refractivity contribution in [3.63, 3.8) is 0 Å². The summed E-state index contributed by atoms with van der Waals surface area (Å²) in [5.74, 6) is 0. The summed E-state index contributed by atoms with van der Waals surface area (Å²) in [5, 5.41) is 0. The van der Waals surface area contributed by atoms with Crippen LogP contribution in [0.2, 0.25) is 0 Å². The number of hydrogen-bond donors (Lipinski definition) is 0. The van der Waals surface area contributed by atoms with E-state index in [4.69, 9.17) is 0 Å². The lowest BCUT2D eigenvalue weighted by molar-refractivity contribution is 0.979. The molecule has 3 rings (SSSR count). The first-order valence-electron chi connectivity index (χ1n) is 6.30. The lowest BCUT2D eigenvalue weighted by atomic mass is 9.98. The van der Waals surface area contributed by atoms with Gasteiger partial charge in [-0.15, -0.1) is 6.58 Å². The molecule has 0 saturated carbocycles. The van der Waals surface area contributed by atoms with E-state index in [0.717, 1.165) is 19.3 Å². The average molecular weight is 346 g/mol. The van der Waals surface area contributed by atoms with Gasteiger partial charge in [0.05, 0.1) is 0 Å². The molecule has 2 aromatic carbocycles. The Balaban J connectivity index is 2.13. The second-order valence-corrected chi connectivity index (χ2v) is 6.00. The van der Waals surface area contributed by atoms with Crippen LogP contribution in [0.3, 0.4) is 0 Å². The summed E-state index contributed by atoms with van der Waals surface area (Å²) in [5.41, 5.74) is 7.35. The molecule has 0 atom stereocenters. The maximum absolute atomic E-state index is 3.83. The average Bonchev–Trinajstić information content (AvgIpc) is 2.75. The second-order valence-electron chi connectivity index (χ2n) is 4.75. The molecule has 0 radical (unpaired) electrons. The third kappa shape index (κ3) is 2.01. The van der Waals surface area contributed by atoms with Gasteiger partial charge in [-0.3, -0.25) is 0 Å². The molecule has 90 valence electrons. The highest BCUT2D eigenvalue weighted by atomic mass is 127. The van der Waals surface area contributed by atoms with E-state index >= 15 is 0 Å². The Morgan fingerprint density at radius 1 is 1.17 bits per heavy atom. The lowest BCUT2D eigenvalue weighted by Crippen LogP contribution is -1.94. The second kappa shape index (κ2) is 4.88. The molecule has 0 heterocycles. The maximum atomic E-state index is 3.83. The topological polar surface area (TPSA) is 0 Å². The van der Waals surface area contributed by atoms with Crippen molar-refractivity contribution in [1.29, 1.82) is 0 Å². The minimum atomic E-state index is 1.06. The highest BCUT2D eigenvalue weighted by Crippen LogP contribution is 2.39. The van der Waals surface area contributed by atoms with E-state index in [1.165, 1.54) is 31.4 Å². The molecule has 0 nitrogen and oxygen atoms in total. The first-order chi connectivity index (χ1) is 8.79. The lowest BCUT2D eigenvalue weighted by Gasteiger charge is -2.09. The van der Waals surface area contributed by atoms with Crippen LogP contribution in [0, 0.1) is 3.57 Å². The standard InChI is InChI=1S/C17H15I/c1-2-3-6-12-9-14(18)11-17-15-8-5-4-7-13(15)10-16(12)17/h2,4-5,7-9,11H,1,3,6,10H2. The van der Waals surface area contributed by atoms with Crippen LogP contribution in [-0.2, 0) is 12.8 Å². The van der Waals surface area contributed by atoms with Gasteiger partial charge in [0, 0.05) is 3.57 Å². The molecule has 1 aliphatic rings. The third-order valence-electron chi connectivity index (χ3n) is 3.60. The summed E-state index contributed by atoms with van der Waals surface area (Å²) in [6.07, 6.45) is 5.27. The predicted octanol–water partition coefficient (Wildman–Crippen LogP) is 4.98. The summed E-state index contributed by atoms with van der Waals surface area (Å²) in [6, 6.07) is 13.4. The zero-order valence-corrected chi connectivity index (χ0v) is 12.4. The van der Waals surface area contributed by atoms with Crippen LogP contribution in [0.25, 0.3) is 11.1 Å². The molecule has 18 heavy (non-hydrogen) atoms. The molecular weight excluding hydrogens is 331 g/mol. The smallest absolute Gasteiger partial charge is 0.0139 e. The van der Waals surface area contributed by atoms with Gasteiger partial charge < -0.3 is 0 Å². The van der Waals surface area contributed by atoms with Crippen molar-refractivity contribution in [2.45, 2.75) is 19.3 Å². The van der Waals surface area contributed by atoms with Crippen LogP contribution in [0.4, 0.5) is 0 Å². The first kappa shape index (κ1) is 12.0. The summed E-state index contributed by atoms with van der Waals surface area (Å²) < 4.78 is 1.34. The van der Waals surface area contributed by atoms with Gasteiger partial charge in [-0.2, -0.15) is 0 Å². The number of fused-ring (bicyclic) bond motifs is 3. The van der Waals surface area contributed by atoms with E-state index in [2.05, 4.69) is 65.6 Å². The number of halogens is 1. The van der Waals surface area contributed by atoms with Gasteiger partial charge >= 0.3 is 0 Å². The fraction of sp³-hybridized carbons (Fsp3) is 0.176. The van der Waals surface area contributed by atoms with Crippen molar-refractivity contribution < 1.29 is 0 Å². The highest BCUT2D eigenvalue weighted by molar-refractivity contribution is 14.1. The Labute approximate surface area is 122 Å². The number of hydrogen-bond acceptors (Lipinski definition) is 0. The molecule has 0 aliphatic heterocycles. The monoisotopic (exact) mass is 346 g/mol. The Kier molecular flexibility index (Phi) is 3.25.